The van der Waals surface area contributed by atoms with Gasteiger partial charge in [-0.3, -0.25) is 9.88 Å². The second-order valence-electron chi connectivity index (χ2n) is 9.21. The lowest BCUT2D eigenvalue weighted by atomic mass is 9.80. The number of aromatic nitrogens is 3. The van der Waals surface area contributed by atoms with Crippen LogP contribution < -0.4 is 5.73 Å². The molecule has 2 aliphatic rings. The minimum atomic E-state index is -0.0236. The number of fused-ring (bicyclic) bond motifs is 2. The van der Waals surface area contributed by atoms with Gasteiger partial charge in [0.05, 0.1) is 29.3 Å². The summed E-state index contributed by atoms with van der Waals surface area (Å²) in [6.45, 7) is 3.03. The van der Waals surface area contributed by atoms with Crippen LogP contribution in [0.4, 0.5) is 0 Å². The molecule has 2 heterocycles. The molecular formula is C24H31N5. The molecule has 1 fully saturated rings. The summed E-state index contributed by atoms with van der Waals surface area (Å²) in [5.74, 6) is 1.05. The minimum absolute atomic E-state index is 0.0236. The lowest BCUT2D eigenvalue weighted by molar-refractivity contribution is 0.0655. The van der Waals surface area contributed by atoms with Crippen LogP contribution in [0.25, 0.3) is 11.0 Å². The van der Waals surface area contributed by atoms with Crippen LogP contribution in [0.1, 0.15) is 68.6 Å². The van der Waals surface area contributed by atoms with Gasteiger partial charge in [0.2, 0.25) is 0 Å². The summed E-state index contributed by atoms with van der Waals surface area (Å²) in [4.78, 5) is 15.9. The molecule has 2 aromatic heterocycles. The Morgan fingerprint density at radius 2 is 1.97 bits per heavy atom. The number of hydrogen-bond donors (Lipinski definition) is 2. The van der Waals surface area contributed by atoms with E-state index in [9.17, 15) is 0 Å². The molecule has 3 N–H and O–H groups in total. The monoisotopic (exact) mass is 389 g/mol. The van der Waals surface area contributed by atoms with Crippen molar-refractivity contribution in [2.75, 3.05) is 0 Å². The zero-order chi connectivity index (χ0) is 19.8. The van der Waals surface area contributed by atoms with E-state index in [1.54, 1.807) is 0 Å². The number of benzene rings is 1. The number of nitrogens with zero attached hydrogens (tertiary/aromatic N) is 3. The van der Waals surface area contributed by atoms with Gasteiger partial charge in [-0.1, -0.05) is 18.2 Å². The van der Waals surface area contributed by atoms with E-state index in [0.29, 0.717) is 12.1 Å². The summed E-state index contributed by atoms with van der Waals surface area (Å²) >= 11 is 0. The molecule has 1 unspecified atom stereocenters. The maximum atomic E-state index is 6.45. The Kier molecular flexibility index (Phi) is 4.88. The molecule has 0 radical (unpaired) electrons. The van der Waals surface area contributed by atoms with Crippen molar-refractivity contribution < 1.29 is 0 Å². The third-order valence-corrected chi connectivity index (χ3v) is 6.90. The topological polar surface area (TPSA) is 70.8 Å². The van der Waals surface area contributed by atoms with Crippen molar-refractivity contribution in [1.29, 1.82) is 0 Å². The molecule has 1 saturated carbocycles. The molecule has 1 aromatic carbocycles. The highest BCUT2D eigenvalue weighted by molar-refractivity contribution is 5.74. The average Bonchev–Trinajstić information content (AvgIpc) is 3.15. The summed E-state index contributed by atoms with van der Waals surface area (Å²) in [5, 5.41) is 0. The predicted octanol–water partition coefficient (Wildman–Crippen LogP) is 4.50. The average molecular weight is 390 g/mol. The van der Waals surface area contributed by atoms with E-state index in [0.717, 1.165) is 55.5 Å². The highest BCUT2D eigenvalue weighted by Gasteiger charge is 2.36. The van der Waals surface area contributed by atoms with Crippen LogP contribution in [0, 0.1) is 0 Å². The number of hydrogen-bond acceptors (Lipinski definition) is 4. The van der Waals surface area contributed by atoms with Crippen LogP contribution in [-0.2, 0) is 13.0 Å². The summed E-state index contributed by atoms with van der Waals surface area (Å²) in [6, 6.07) is 13.5. The molecule has 0 spiro atoms. The summed E-state index contributed by atoms with van der Waals surface area (Å²) in [7, 11) is 0. The number of imidazole rings is 1. The van der Waals surface area contributed by atoms with Gasteiger partial charge in [-0.2, -0.15) is 0 Å². The van der Waals surface area contributed by atoms with Gasteiger partial charge in [0.1, 0.15) is 5.82 Å². The number of H-pyrrole nitrogens is 1. The number of nitrogens with two attached hydrogens (primary N) is 1. The lowest BCUT2D eigenvalue weighted by Gasteiger charge is -2.44. The number of nitrogens with one attached hydrogen (secondary N) is 1. The van der Waals surface area contributed by atoms with Crippen LogP contribution in [-0.4, -0.2) is 31.4 Å². The Balaban J connectivity index is 1.48. The van der Waals surface area contributed by atoms with Crippen LogP contribution >= 0.6 is 0 Å². The first kappa shape index (κ1) is 18.8. The van der Waals surface area contributed by atoms with E-state index in [4.69, 9.17) is 15.7 Å². The van der Waals surface area contributed by atoms with Gasteiger partial charge in [0, 0.05) is 17.8 Å². The smallest absolute Gasteiger partial charge is 0.121 e. The normalized spacial score (nSPS) is 27.3. The van der Waals surface area contributed by atoms with Crippen LogP contribution in [0.15, 0.2) is 42.6 Å². The molecule has 3 aromatic rings. The van der Waals surface area contributed by atoms with Gasteiger partial charge in [0.25, 0.3) is 0 Å². The number of aryl methyl sites for hydroxylation is 1. The maximum Gasteiger partial charge on any atom is 0.121 e. The molecule has 1 atom stereocenters. The minimum Gasteiger partial charge on any atom is -0.341 e. The molecule has 29 heavy (non-hydrogen) atoms. The Labute approximate surface area is 172 Å². The molecule has 0 amide bonds. The Morgan fingerprint density at radius 3 is 2.79 bits per heavy atom. The first-order chi connectivity index (χ1) is 14.1. The van der Waals surface area contributed by atoms with Crippen molar-refractivity contribution in [2.45, 2.75) is 76.0 Å². The zero-order valence-electron chi connectivity index (χ0n) is 17.3. The highest BCUT2D eigenvalue weighted by Crippen LogP contribution is 2.39. The van der Waals surface area contributed by atoms with Gasteiger partial charge >= 0.3 is 0 Å². The number of para-hydroxylation sites is 2. The molecular weight excluding hydrogens is 358 g/mol. The van der Waals surface area contributed by atoms with E-state index in [1.807, 2.05) is 6.20 Å². The molecule has 0 saturated heterocycles. The van der Waals surface area contributed by atoms with Crippen molar-refractivity contribution in [3.05, 3.63) is 59.7 Å². The second kappa shape index (κ2) is 7.54. The maximum absolute atomic E-state index is 6.45. The number of pyridine rings is 1. The van der Waals surface area contributed by atoms with Crippen molar-refractivity contribution in [1.82, 2.24) is 19.9 Å². The van der Waals surface area contributed by atoms with Gasteiger partial charge in [-0.15, -0.1) is 0 Å². The Morgan fingerprint density at radius 1 is 1.14 bits per heavy atom. The fourth-order valence-electron chi connectivity index (χ4n) is 5.25. The summed E-state index contributed by atoms with van der Waals surface area (Å²) in [6.07, 6.45) is 9.93. The third kappa shape index (κ3) is 3.81. The molecule has 5 rings (SSSR count). The Hall–Kier alpha value is -2.24. The number of aromatic amines is 1. The van der Waals surface area contributed by atoms with E-state index >= 15 is 0 Å². The largest absolute Gasteiger partial charge is 0.341 e. The van der Waals surface area contributed by atoms with E-state index in [-0.39, 0.29) is 5.54 Å². The zero-order valence-corrected chi connectivity index (χ0v) is 17.3. The van der Waals surface area contributed by atoms with Crippen LogP contribution in [0.3, 0.4) is 0 Å². The van der Waals surface area contributed by atoms with Crippen LogP contribution in [0.5, 0.6) is 0 Å². The van der Waals surface area contributed by atoms with Crippen LogP contribution in [0.2, 0.25) is 0 Å². The summed E-state index contributed by atoms with van der Waals surface area (Å²) in [5.41, 5.74) is 11.3. The fraction of sp³-hybridized carbons (Fsp3) is 0.500. The Bertz CT molecular complexity index is 949. The quantitative estimate of drug-likeness (QED) is 0.689. The van der Waals surface area contributed by atoms with Gasteiger partial charge in [-0.25, -0.2) is 4.98 Å². The van der Waals surface area contributed by atoms with E-state index in [1.165, 1.54) is 24.1 Å². The van der Waals surface area contributed by atoms with Gasteiger partial charge < -0.3 is 10.7 Å². The van der Waals surface area contributed by atoms with Crippen molar-refractivity contribution in [2.24, 2.45) is 5.73 Å². The molecule has 152 valence electrons. The van der Waals surface area contributed by atoms with Gasteiger partial charge in [0.15, 0.2) is 0 Å². The van der Waals surface area contributed by atoms with Crippen molar-refractivity contribution in [3.8, 4) is 0 Å². The molecule has 2 aliphatic carbocycles. The lowest BCUT2D eigenvalue weighted by Crippen LogP contribution is -2.48. The standard InChI is InChI=1S/C24H31N5/c1-24(25)13-11-18(12-14-24)29(16-22-27-19-8-2-3-9-20(19)28-22)21-10-4-6-17-7-5-15-26-23(17)21/h2-3,5,7-9,15,18,21H,4,6,10-14,16,25H2,1H3,(H,27,28)/t18-,21?,24-. The third-order valence-electron chi connectivity index (χ3n) is 6.90. The predicted molar refractivity (Wildman–Crippen MR) is 116 cm³/mol. The SMILES string of the molecule is C[C@]1(N)CC[C@H](N(Cc2nc3ccccc3[nH]2)C2CCCc3cccnc32)CC1. The molecule has 5 heteroatoms. The first-order valence-electron chi connectivity index (χ1n) is 11.0. The van der Waals surface area contributed by atoms with E-state index < -0.39 is 0 Å². The molecule has 0 bridgehead atoms. The molecule has 0 aliphatic heterocycles. The van der Waals surface area contributed by atoms with E-state index in [2.05, 4.69) is 53.2 Å². The summed E-state index contributed by atoms with van der Waals surface area (Å²) < 4.78 is 0. The number of rotatable bonds is 4. The fourth-order valence-corrected chi connectivity index (χ4v) is 5.25. The van der Waals surface area contributed by atoms with Gasteiger partial charge in [-0.05, 0) is 75.6 Å². The molecule has 5 nitrogen and oxygen atoms in total. The van der Waals surface area contributed by atoms with Crippen molar-refractivity contribution in [3.63, 3.8) is 0 Å². The highest BCUT2D eigenvalue weighted by atomic mass is 15.2. The van der Waals surface area contributed by atoms with Crippen molar-refractivity contribution >= 4 is 11.0 Å². The first-order valence-corrected chi connectivity index (χ1v) is 11.0. The second-order valence-corrected chi connectivity index (χ2v) is 9.21.